The lowest BCUT2D eigenvalue weighted by Crippen LogP contribution is -2.35. The van der Waals surface area contributed by atoms with Crippen molar-refractivity contribution in [2.75, 3.05) is 7.05 Å². The summed E-state index contributed by atoms with van der Waals surface area (Å²) in [5.41, 5.74) is 1.09. The van der Waals surface area contributed by atoms with E-state index < -0.39 is 0 Å². The Morgan fingerprint density at radius 2 is 2.40 bits per heavy atom. The number of amides is 1. The van der Waals surface area contributed by atoms with Gasteiger partial charge in [0, 0.05) is 38.3 Å². The van der Waals surface area contributed by atoms with Crippen molar-refractivity contribution in [3.63, 3.8) is 0 Å². The second kappa shape index (κ2) is 4.04. The van der Waals surface area contributed by atoms with Crippen molar-refractivity contribution >= 4 is 5.91 Å². The van der Waals surface area contributed by atoms with Crippen LogP contribution in [0.1, 0.15) is 24.8 Å². The van der Waals surface area contributed by atoms with Gasteiger partial charge in [-0.25, -0.2) is 0 Å². The highest BCUT2D eigenvalue weighted by molar-refractivity contribution is 5.79. The highest BCUT2D eigenvalue weighted by Gasteiger charge is 2.27. The van der Waals surface area contributed by atoms with Gasteiger partial charge in [0.1, 0.15) is 0 Å². The van der Waals surface area contributed by atoms with Gasteiger partial charge in [0.15, 0.2) is 0 Å². The second-order valence-electron chi connectivity index (χ2n) is 4.34. The van der Waals surface area contributed by atoms with Crippen molar-refractivity contribution in [1.29, 1.82) is 0 Å². The van der Waals surface area contributed by atoms with Crippen molar-refractivity contribution in [2.45, 2.75) is 25.8 Å². The Morgan fingerprint density at radius 3 is 2.87 bits per heavy atom. The molecular weight excluding hydrogens is 190 g/mol. The molecule has 1 aromatic heterocycles. The van der Waals surface area contributed by atoms with E-state index >= 15 is 0 Å². The van der Waals surface area contributed by atoms with E-state index in [4.69, 9.17) is 0 Å². The minimum atomic E-state index is 0.283. The highest BCUT2D eigenvalue weighted by Crippen LogP contribution is 2.28. The van der Waals surface area contributed by atoms with Gasteiger partial charge in [0.05, 0.1) is 6.20 Å². The van der Waals surface area contributed by atoms with E-state index in [0.29, 0.717) is 6.54 Å². The monoisotopic (exact) mass is 207 g/mol. The predicted molar refractivity (Wildman–Crippen MR) is 57.0 cm³/mol. The number of hydrogen-bond donors (Lipinski definition) is 0. The largest absolute Gasteiger partial charge is 0.341 e. The molecule has 0 saturated heterocycles. The van der Waals surface area contributed by atoms with E-state index in [9.17, 15) is 4.79 Å². The Hall–Kier alpha value is -1.32. The molecule has 15 heavy (non-hydrogen) atoms. The summed E-state index contributed by atoms with van der Waals surface area (Å²) in [5.74, 6) is 0.566. The molecule has 0 atom stereocenters. The molecular formula is C11H17N3O. The molecule has 1 saturated carbocycles. The molecule has 82 valence electrons. The maximum atomic E-state index is 11.8. The molecule has 0 unspecified atom stereocenters. The molecule has 1 heterocycles. The number of hydrogen-bond acceptors (Lipinski definition) is 2. The molecule has 4 nitrogen and oxygen atoms in total. The van der Waals surface area contributed by atoms with E-state index in [0.717, 1.165) is 18.4 Å². The Bertz CT molecular complexity index is 354. The smallest absolute Gasteiger partial charge is 0.225 e. The molecule has 4 heteroatoms. The van der Waals surface area contributed by atoms with E-state index in [1.807, 2.05) is 26.5 Å². The zero-order valence-corrected chi connectivity index (χ0v) is 9.31. The lowest BCUT2D eigenvalue weighted by molar-refractivity contribution is -0.137. The first-order chi connectivity index (χ1) is 7.16. The number of rotatable bonds is 3. The fourth-order valence-electron chi connectivity index (χ4n) is 1.87. The van der Waals surface area contributed by atoms with Crippen LogP contribution in [0.25, 0.3) is 0 Å². The summed E-state index contributed by atoms with van der Waals surface area (Å²) in [5, 5.41) is 4.09. The van der Waals surface area contributed by atoms with Gasteiger partial charge in [0.2, 0.25) is 5.91 Å². The van der Waals surface area contributed by atoms with Crippen LogP contribution in [0.3, 0.4) is 0 Å². The van der Waals surface area contributed by atoms with Crippen molar-refractivity contribution in [2.24, 2.45) is 13.0 Å². The average Bonchev–Trinajstić information content (AvgIpc) is 2.48. The highest BCUT2D eigenvalue weighted by atomic mass is 16.2. The average molecular weight is 207 g/mol. The van der Waals surface area contributed by atoms with Gasteiger partial charge in [0.25, 0.3) is 0 Å². The summed E-state index contributed by atoms with van der Waals surface area (Å²) in [7, 11) is 3.75. The summed E-state index contributed by atoms with van der Waals surface area (Å²) in [6.45, 7) is 0.670. The summed E-state index contributed by atoms with van der Waals surface area (Å²) >= 11 is 0. The third-order valence-corrected chi connectivity index (χ3v) is 3.01. The molecule has 0 N–H and O–H groups in total. The lowest BCUT2D eigenvalue weighted by atomic mass is 9.84. The van der Waals surface area contributed by atoms with Gasteiger partial charge >= 0.3 is 0 Å². The van der Waals surface area contributed by atoms with Gasteiger partial charge in [-0.1, -0.05) is 6.42 Å². The quantitative estimate of drug-likeness (QED) is 0.746. The van der Waals surface area contributed by atoms with Crippen LogP contribution in [0.5, 0.6) is 0 Å². The van der Waals surface area contributed by atoms with Crippen LogP contribution in [0.15, 0.2) is 12.4 Å². The van der Waals surface area contributed by atoms with Gasteiger partial charge in [-0.2, -0.15) is 5.10 Å². The van der Waals surface area contributed by atoms with E-state index in [-0.39, 0.29) is 11.8 Å². The van der Waals surface area contributed by atoms with Crippen LogP contribution in [0, 0.1) is 5.92 Å². The molecule has 1 aliphatic rings. The molecule has 1 aliphatic carbocycles. The normalized spacial score (nSPS) is 16.1. The summed E-state index contributed by atoms with van der Waals surface area (Å²) < 4.78 is 1.76. The molecule has 2 rings (SSSR count). The van der Waals surface area contributed by atoms with Gasteiger partial charge < -0.3 is 4.90 Å². The second-order valence-corrected chi connectivity index (χ2v) is 4.34. The Kier molecular flexibility index (Phi) is 2.75. The first kappa shape index (κ1) is 10.2. The molecule has 0 aromatic carbocycles. The Morgan fingerprint density at radius 1 is 1.67 bits per heavy atom. The minimum absolute atomic E-state index is 0.283. The fourth-order valence-corrected chi connectivity index (χ4v) is 1.87. The number of aryl methyl sites for hydroxylation is 1. The molecule has 0 spiro atoms. The molecule has 0 radical (unpaired) electrons. The van der Waals surface area contributed by atoms with Crippen molar-refractivity contribution in [1.82, 2.24) is 14.7 Å². The van der Waals surface area contributed by atoms with Crippen LogP contribution < -0.4 is 0 Å². The number of carbonyl (C=O) groups excluding carboxylic acids is 1. The maximum Gasteiger partial charge on any atom is 0.225 e. The van der Waals surface area contributed by atoms with Crippen LogP contribution in [0.4, 0.5) is 0 Å². The zero-order valence-electron chi connectivity index (χ0n) is 9.31. The summed E-state index contributed by atoms with van der Waals surface area (Å²) in [4.78, 5) is 13.6. The van der Waals surface area contributed by atoms with E-state index in [1.165, 1.54) is 6.42 Å². The van der Waals surface area contributed by atoms with Crippen molar-refractivity contribution in [3.8, 4) is 0 Å². The van der Waals surface area contributed by atoms with Crippen LogP contribution in [0.2, 0.25) is 0 Å². The maximum absolute atomic E-state index is 11.8. The number of nitrogens with zero attached hydrogens (tertiary/aromatic N) is 3. The molecule has 1 fully saturated rings. The third kappa shape index (κ3) is 2.19. The summed E-state index contributed by atoms with van der Waals surface area (Å²) in [6, 6.07) is 0. The van der Waals surface area contributed by atoms with Crippen LogP contribution in [-0.2, 0) is 18.4 Å². The van der Waals surface area contributed by atoms with Crippen molar-refractivity contribution in [3.05, 3.63) is 18.0 Å². The first-order valence-electron chi connectivity index (χ1n) is 5.39. The van der Waals surface area contributed by atoms with Gasteiger partial charge in [-0.15, -0.1) is 0 Å². The molecule has 0 aliphatic heterocycles. The third-order valence-electron chi connectivity index (χ3n) is 3.01. The number of aromatic nitrogens is 2. The van der Waals surface area contributed by atoms with Gasteiger partial charge in [-0.05, 0) is 12.8 Å². The summed E-state index contributed by atoms with van der Waals surface area (Å²) in [6.07, 6.45) is 7.10. The van der Waals surface area contributed by atoms with Gasteiger partial charge in [-0.3, -0.25) is 9.48 Å². The zero-order chi connectivity index (χ0) is 10.8. The predicted octanol–water partition coefficient (Wildman–Crippen LogP) is 1.18. The van der Waals surface area contributed by atoms with Crippen LogP contribution >= 0.6 is 0 Å². The Balaban J connectivity index is 1.91. The lowest BCUT2D eigenvalue weighted by Gasteiger charge is -2.28. The minimum Gasteiger partial charge on any atom is -0.341 e. The Labute approximate surface area is 89.9 Å². The standard InChI is InChI=1S/C11H17N3O/c1-13(11(15)10-4-3-5-10)7-9-6-12-14(2)8-9/h6,8,10H,3-5,7H2,1-2H3. The topological polar surface area (TPSA) is 38.1 Å². The van der Waals surface area contributed by atoms with E-state index in [2.05, 4.69) is 5.10 Å². The molecule has 1 amide bonds. The SMILES string of the molecule is CN(Cc1cnn(C)c1)C(=O)C1CCC1. The molecule has 1 aromatic rings. The number of carbonyl (C=O) groups is 1. The fraction of sp³-hybridized carbons (Fsp3) is 0.636. The van der Waals surface area contributed by atoms with Crippen LogP contribution in [-0.4, -0.2) is 27.6 Å². The molecule has 0 bridgehead atoms. The van der Waals surface area contributed by atoms with E-state index in [1.54, 1.807) is 9.58 Å². The van der Waals surface area contributed by atoms with Crippen molar-refractivity contribution < 1.29 is 4.79 Å². The first-order valence-corrected chi connectivity index (χ1v) is 5.39.